The van der Waals surface area contributed by atoms with E-state index in [1.165, 1.54) is 14.0 Å². The van der Waals surface area contributed by atoms with Crippen LogP contribution in [0.2, 0.25) is 0 Å². The van der Waals surface area contributed by atoms with Crippen LogP contribution in [0, 0.1) is 28.6 Å². The number of methoxy groups -OCH3 is 1. The Hall–Kier alpha value is -4.18. The Balaban J connectivity index is 1.49. The van der Waals surface area contributed by atoms with E-state index >= 15 is 0 Å². The van der Waals surface area contributed by atoms with Crippen molar-refractivity contribution in [1.29, 1.82) is 0 Å². The minimum absolute atomic E-state index is 0.0372. The van der Waals surface area contributed by atoms with Gasteiger partial charge in [0.25, 0.3) is 0 Å². The van der Waals surface area contributed by atoms with Gasteiger partial charge in [-0.1, -0.05) is 26.8 Å². The lowest BCUT2D eigenvalue weighted by Gasteiger charge is -2.66. The molecule has 3 unspecified atom stereocenters. The lowest BCUT2D eigenvalue weighted by molar-refractivity contribution is -0.257. The molecule has 3 heterocycles. The molecule has 6 rings (SSSR count). The van der Waals surface area contributed by atoms with Gasteiger partial charge in [0, 0.05) is 42.3 Å². The van der Waals surface area contributed by atoms with Crippen molar-refractivity contribution in [3.05, 3.63) is 76.4 Å². The van der Waals surface area contributed by atoms with Crippen molar-refractivity contribution in [2.24, 2.45) is 28.6 Å². The van der Waals surface area contributed by atoms with Crippen molar-refractivity contribution in [3.63, 3.8) is 0 Å². The molecule has 0 amide bonds. The number of ether oxygens (including phenoxy) is 4. The van der Waals surface area contributed by atoms with Gasteiger partial charge in [0.2, 0.25) is 0 Å². The molecular formula is C36H41NO9. The number of hydrogen-bond donors (Lipinski definition) is 1. The zero-order valence-corrected chi connectivity index (χ0v) is 27.1. The number of hydrogen-bond acceptors (Lipinski definition) is 10. The van der Waals surface area contributed by atoms with Gasteiger partial charge in [-0.2, -0.15) is 0 Å². The van der Waals surface area contributed by atoms with Crippen LogP contribution in [-0.4, -0.2) is 47.5 Å². The van der Waals surface area contributed by atoms with Crippen LogP contribution in [0.15, 0.2) is 64.1 Å². The van der Waals surface area contributed by atoms with Crippen LogP contribution < -0.4 is 15.1 Å². The minimum Gasteiger partial charge on any atom is -0.497 e. The van der Waals surface area contributed by atoms with Crippen LogP contribution >= 0.6 is 0 Å². The van der Waals surface area contributed by atoms with Crippen LogP contribution in [-0.2, 0) is 14.3 Å². The molecule has 2 saturated carbocycles. The van der Waals surface area contributed by atoms with E-state index in [-0.39, 0.29) is 41.5 Å². The van der Waals surface area contributed by atoms with Gasteiger partial charge in [-0.3, -0.25) is 9.78 Å². The van der Waals surface area contributed by atoms with Gasteiger partial charge in [0.05, 0.1) is 25.4 Å². The maximum absolute atomic E-state index is 13.8. The van der Waals surface area contributed by atoms with E-state index in [1.54, 1.807) is 54.9 Å². The Bertz CT molecular complexity index is 1700. The third-order valence-electron chi connectivity index (χ3n) is 11.2. The standard InChI is InChI=1S/C36H41NO9/c1-20-12-13-34(3)27(35(20,4)19-43-21(2)38)17-28(45-32(40)22-9-7-11-24(15-22)42-6)36(5)31(34)30(39)29-26(46-36)16-25(44-33(29)41)23-10-8-14-37-18-23/h7-11,14-16,18,20,27-28,30-31,39H,12-13,17,19H2,1-6H3/t20-,27?,28-,30-,31?,34-,35?,36+/m0/s1. The molecule has 0 spiro atoms. The summed E-state index contributed by atoms with van der Waals surface area (Å²) in [5.41, 5.74) is -2.13. The number of pyridine rings is 1. The van der Waals surface area contributed by atoms with E-state index in [9.17, 15) is 19.5 Å². The SMILES string of the molecule is COc1cccc(C(=O)O[C@H]2CC3C(C)(COC(C)=O)[C@@H](C)CC[C@]3(C)C3[C@@H](O)c4c(cc(-c5cccnc5)oc4=O)O[C@@]32C)c1. The summed E-state index contributed by atoms with van der Waals surface area (Å²) in [6, 6.07) is 11.8. The number of benzene rings is 1. The molecular weight excluding hydrogens is 590 g/mol. The summed E-state index contributed by atoms with van der Waals surface area (Å²) < 4.78 is 29.9. The molecule has 3 aromatic rings. The van der Waals surface area contributed by atoms with E-state index in [2.05, 4.69) is 25.8 Å². The summed E-state index contributed by atoms with van der Waals surface area (Å²) in [5, 5.41) is 12.3. The van der Waals surface area contributed by atoms with Gasteiger partial charge in [0.1, 0.15) is 34.5 Å². The molecule has 2 fully saturated rings. The van der Waals surface area contributed by atoms with Crippen molar-refractivity contribution in [2.75, 3.05) is 13.7 Å². The average Bonchev–Trinajstić information content (AvgIpc) is 3.03. The van der Waals surface area contributed by atoms with Crippen LogP contribution in [0.5, 0.6) is 11.5 Å². The fourth-order valence-corrected chi connectivity index (χ4v) is 8.64. The molecule has 10 nitrogen and oxygen atoms in total. The predicted octanol–water partition coefficient (Wildman–Crippen LogP) is 5.76. The average molecular weight is 632 g/mol. The molecule has 1 aromatic carbocycles. The van der Waals surface area contributed by atoms with Crippen LogP contribution in [0.25, 0.3) is 11.3 Å². The predicted molar refractivity (Wildman–Crippen MR) is 167 cm³/mol. The Kier molecular flexibility index (Phi) is 7.99. The van der Waals surface area contributed by atoms with Crippen LogP contribution in [0.3, 0.4) is 0 Å². The highest BCUT2D eigenvalue weighted by molar-refractivity contribution is 5.90. The lowest BCUT2D eigenvalue weighted by atomic mass is 9.41. The quantitative estimate of drug-likeness (QED) is 0.335. The van der Waals surface area contributed by atoms with Gasteiger partial charge in [0.15, 0.2) is 0 Å². The van der Waals surface area contributed by atoms with Gasteiger partial charge in [-0.05, 0) is 73.8 Å². The van der Waals surface area contributed by atoms with Crippen molar-refractivity contribution in [3.8, 4) is 22.8 Å². The molecule has 8 atom stereocenters. The maximum atomic E-state index is 13.8. The number of rotatable bonds is 6. The molecule has 0 radical (unpaired) electrons. The Morgan fingerprint density at radius 2 is 1.91 bits per heavy atom. The first-order valence-electron chi connectivity index (χ1n) is 15.8. The number of fused-ring (bicyclic) bond motifs is 4. The first-order valence-corrected chi connectivity index (χ1v) is 15.8. The van der Waals surface area contributed by atoms with Crippen molar-refractivity contribution < 1.29 is 38.1 Å². The normalized spacial score (nSPS) is 33.0. The first-order chi connectivity index (χ1) is 21.8. The Labute approximate surface area is 268 Å². The summed E-state index contributed by atoms with van der Waals surface area (Å²) in [4.78, 5) is 43.5. The third kappa shape index (κ3) is 5.07. The van der Waals surface area contributed by atoms with E-state index in [1.807, 2.05) is 6.92 Å². The highest BCUT2D eigenvalue weighted by Gasteiger charge is 2.70. The zero-order chi connectivity index (χ0) is 33.0. The van der Waals surface area contributed by atoms with Gasteiger partial charge >= 0.3 is 17.6 Å². The van der Waals surface area contributed by atoms with E-state index in [0.29, 0.717) is 23.3 Å². The van der Waals surface area contributed by atoms with Crippen molar-refractivity contribution in [2.45, 2.75) is 71.7 Å². The number of aromatic nitrogens is 1. The molecule has 0 bridgehead atoms. The Morgan fingerprint density at radius 3 is 2.61 bits per heavy atom. The second kappa shape index (κ2) is 11.6. The Morgan fingerprint density at radius 1 is 1.13 bits per heavy atom. The first kappa shape index (κ1) is 31.8. The van der Waals surface area contributed by atoms with E-state index in [4.69, 9.17) is 23.4 Å². The number of carbonyl (C=O) groups is 2. The van der Waals surface area contributed by atoms with Gasteiger partial charge in [-0.15, -0.1) is 0 Å². The maximum Gasteiger partial charge on any atom is 0.345 e. The van der Waals surface area contributed by atoms with Crippen LogP contribution in [0.1, 0.15) is 75.9 Å². The molecule has 244 valence electrons. The summed E-state index contributed by atoms with van der Waals surface area (Å²) in [5.74, 6) is -0.696. The highest BCUT2D eigenvalue weighted by atomic mass is 16.6. The molecule has 0 saturated heterocycles. The molecule has 3 aliphatic rings. The van der Waals surface area contributed by atoms with Crippen LogP contribution in [0.4, 0.5) is 0 Å². The van der Waals surface area contributed by atoms with Crippen molar-refractivity contribution in [1.82, 2.24) is 4.98 Å². The van der Waals surface area contributed by atoms with Gasteiger partial charge < -0.3 is 28.5 Å². The number of aliphatic hydroxyl groups is 1. The molecule has 1 aliphatic heterocycles. The summed E-state index contributed by atoms with van der Waals surface area (Å²) in [6.07, 6.45) is 2.98. The highest BCUT2D eigenvalue weighted by Crippen LogP contribution is 2.68. The molecule has 46 heavy (non-hydrogen) atoms. The topological polar surface area (TPSA) is 134 Å². The van der Waals surface area contributed by atoms with Crippen molar-refractivity contribution >= 4 is 11.9 Å². The molecule has 2 aromatic heterocycles. The second-order valence-corrected chi connectivity index (χ2v) is 13.8. The largest absolute Gasteiger partial charge is 0.497 e. The fourth-order valence-electron chi connectivity index (χ4n) is 8.64. The number of esters is 2. The number of nitrogens with zero attached hydrogens (tertiary/aromatic N) is 1. The van der Waals surface area contributed by atoms with E-state index in [0.717, 1.165) is 12.8 Å². The zero-order valence-electron chi connectivity index (χ0n) is 27.1. The lowest BCUT2D eigenvalue weighted by Crippen LogP contribution is -2.70. The number of carbonyl (C=O) groups excluding carboxylic acids is 2. The minimum atomic E-state index is -1.29. The third-order valence-corrected chi connectivity index (χ3v) is 11.2. The fraction of sp³-hybridized carbons (Fsp3) is 0.500. The summed E-state index contributed by atoms with van der Waals surface area (Å²) >= 11 is 0. The molecule has 10 heteroatoms. The summed E-state index contributed by atoms with van der Waals surface area (Å²) in [6.45, 7) is 9.78. The van der Waals surface area contributed by atoms with E-state index < -0.39 is 46.2 Å². The number of aliphatic hydroxyl groups excluding tert-OH is 1. The molecule has 1 N–H and O–H groups in total. The second-order valence-electron chi connectivity index (χ2n) is 13.8. The molecule has 2 aliphatic carbocycles. The smallest absolute Gasteiger partial charge is 0.345 e. The summed E-state index contributed by atoms with van der Waals surface area (Å²) in [7, 11) is 1.53. The van der Waals surface area contributed by atoms with Gasteiger partial charge in [-0.25, -0.2) is 9.59 Å². The monoisotopic (exact) mass is 631 g/mol.